The lowest BCUT2D eigenvalue weighted by molar-refractivity contribution is 0.530. The molecule has 0 spiro atoms. The number of thiophene rings is 1. The van der Waals surface area contributed by atoms with E-state index in [1.807, 2.05) is 6.92 Å². The highest BCUT2D eigenvalue weighted by Gasteiger charge is 2.25. The SMILES string of the molecule is CCNC1CCSc2sc(S(N)(=O)=O)cc21. The zero-order valence-corrected chi connectivity index (χ0v) is 11.3. The Labute approximate surface area is 104 Å². The monoisotopic (exact) mass is 278 g/mol. The van der Waals surface area contributed by atoms with E-state index in [-0.39, 0.29) is 10.3 Å². The van der Waals surface area contributed by atoms with Crippen molar-refractivity contribution in [1.29, 1.82) is 0 Å². The Bertz CT molecular complexity index is 481. The van der Waals surface area contributed by atoms with Gasteiger partial charge in [0, 0.05) is 11.8 Å². The van der Waals surface area contributed by atoms with Crippen LogP contribution in [0.5, 0.6) is 0 Å². The summed E-state index contributed by atoms with van der Waals surface area (Å²) in [4.78, 5) is 0. The van der Waals surface area contributed by atoms with Gasteiger partial charge in [-0.05, 0) is 24.6 Å². The third-order valence-electron chi connectivity index (χ3n) is 2.45. The highest BCUT2D eigenvalue weighted by atomic mass is 32.3. The number of rotatable bonds is 3. The molecule has 90 valence electrons. The summed E-state index contributed by atoms with van der Waals surface area (Å²) in [6.45, 7) is 2.93. The van der Waals surface area contributed by atoms with Crippen LogP contribution in [0.1, 0.15) is 24.9 Å². The lowest BCUT2D eigenvalue weighted by Crippen LogP contribution is -2.23. The van der Waals surface area contributed by atoms with E-state index in [1.54, 1.807) is 17.8 Å². The molecule has 4 nitrogen and oxygen atoms in total. The van der Waals surface area contributed by atoms with Crippen molar-refractivity contribution in [3.05, 3.63) is 11.6 Å². The minimum absolute atomic E-state index is 0.271. The maximum atomic E-state index is 11.3. The molecule has 0 amide bonds. The first kappa shape index (κ1) is 12.4. The Hall–Kier alpha value is -0.0800. The predicted molar refractivity (Wildman–Crippen MR) is 67.5 cm³/mol. The van der Waals surface area contributed by atoms with Gasteiger partial charge in [-0.15, -0.1) is 23.1 Å². The third kappa shape index (κ3) is 2.43. The quantitative estimate of drug-likeness (QED) is 0.880. The van der Waals surface area contributed by atoms with E-state index in [9.17, 15) is 8.42 Å². The Kier molecular flexibility index (Phi) is 3.60. The molecule has 0 saturated carbocycles. The van der Waals surface area contributed by atoms with Crippen molar-refractivity contribution in [3.63, 3.8) is 0 Å². The van der Waals surface area contributed by atoms with Crippen LogP contribution in [0.4, 0.5) is 0 Å². The molecule has 16 heavy (non-hydrogen) atoms. The molecule has 3 N–H and O–H groups in total. The van der Waals surface area contributed by atoms with Crippen LogP contribution in [-0.4, -0.2) is 20.7 Å². The standard InChI is InChI=1S/C9H14N2O2S3/c1-2-11-7-3-4-14-9-6(7)5-8(15-9)16(10,12)13/h5,7,11H,2-4H2,1H3,(H2,10,12,13). The van der Waals surface area contributed by atoms with Gasteiger partial charge >= 0.3 is 0 Å². The van der Waals surface area contributed by atoms with Crippen LogP contribution < -0.4 is 10.5 Å². The third-order valence-corrected chi connectivity index (χ3v) is 6.36. The molecule has 1 aliphatic heterocycles. The number of nitrogens with two attached hydrogens (primary N) is 1. The fourth-order valence-electron chi connectivity index (χ4n) is 1.74. The van der Waals surface area contributed by atoms with Gasteiger partial charge in [-0.25, -0.2) is 13.6 Å². The van der Waals surface area contributed by atoms with Gasteiger partial charge in [0.25, 0.3) is 0 Å². The summed E-state index contributed by atoms with van der Waals surface area (Å²) in [6, 6.07) is 1.99. The van der Waals surface area contributed by atoms with Crippen molar-refractivity contribution in [2.24, 2.45) is 5.14 Å². The number of primary sulfonamides is 1. The van der Waals surface area contributed by atoms with Crippen LogP contribution in [0.25, 0.3) is 0 Å². The molecule has 0 radical (unpaired) electrons. The smallest absolute Gasteiger partial charge is 0.247 e. The Morgan fingerprint density at radius 2 is 2.38 bits per heavy atom. The molecule has 1 aromatic heterocycles. The van der Waals surface area contributed by atoms with Gasteiger partial charge < -0.3 is 5.32 Å². The van der Waals surface area contributed by atoms with E-state index in [0.717, 1.165) is 28.5 Å². The van der Waals surface area contributed by atoms with E-state index < -0.39 is 10.0 Å². The van der Waals surface area contributed by atoms with E-state index in [2.05, 4.69) is 5.32 Å². The second kappa shape index (κ2) is 4.66. The summed E-state index contributed by atoms with van der Waals surface area (Å²) in [5.74, 6) is 1.02. The first-order valence-corrected chi connectivity index (χ1v) is 8.40. The lowest BCUT2D eigenvalue weighted by Gasteiger charge is -2.22. The van der Waals surface area contributed by atoms with Crippen LogP contribution in [-0.2, 0) is 10.0 Å². The molecule has 1 unspecified atom stereocenters. The summed E-state index contributed by atoms with van der Waals surface area (Å²) in [7, 11) is -3.56. The summed E-state index contributed by atoms with van der Waals surface area (Å²) >= 11 is 3.00. The van der Waals surface area contributed by atoms with Crippen LogP contribution >= 0.6 is 23.1 Å². The van der Waals surface area contributed by atoms with Gasteiger partial charge in [0.2, 0.25) is 10.0 Å². The minimum Gasteiger partial charge on any atom is -0.310 e. The molecule has 0 fully saturated rings. The summed E-state index contributed by atoms with van der Waals surface area (Å²) in [5.41, 5.74) is 1.09. The number of hydrogen-bond donors (Lipinski definition) is 2. The van der Waals surface area contributed by atoms with Gasteiger partial charge in [-0.3, -0.25) is 0 Å². The Morgan fingerprint density at radius 1 is 1.62 bits per heavy atom. The summed E-state index contributed by atoms with van der Waals surface area (Å²) in [6.07, 6.45) is 1.03. The van der Waals surface area contributed by atoms with Crippen molar-refractivity contribution in [3.8, 4) is 0 Å². The van der Waals surface area contributed by atoms with Crippen LogP contribution in [0.2, 0.25) is 0 Å². The van der Waals surface area contributed by atoms with Crippen LogP contribution in [0.15, 0.2) is 14.5 Å². The van der Waals surface area contributed by atoms with Gasteiger partial charge in [0.05, 0.1) is 4.21 Å². The van der Waals surface area contributed by atoms with Gasteiger partial charge in [-0.1, -0.05) is 6.92 Å². The second-order valence-corrected chi connectivity index (χ2v) is 7.80. The average Bonchev–Trinajstić information content (AvgIpc) is 2.62. The molecule has 0 aromatic carbocycles. The van der Waals surface area contributed by atoms with Crippen LogP contribution in [0, 0.1) is 0 Å². The minimum atomic E-state index is -3.56. The van der Waals surface area contributed by atoms with E-state index in [1.165, 1.54) is 11.3 Å². The van der Waals surface area contributed by atoms with E-state index >= 15 is 0 Å². The number of sulfonamides is 1. The zero-order chi connectivity index (χ0) is 11.8. The van der Waals surface area contributed by atoms with Crippen molar-refractivity contribution < 1.29 is 8.42 Å². The largest absolute Gasteiger partial charge is 0.310 e. The maximum Gasteiger partial charge on any atom is 0.247 e. The molecule has 0 aliphatic carbocycles. The summed E-state index contributed by atoms with van der Waals surface area (Å²) < 4.78 is 23.9. The fraction of sp³-hybridized carbons (Fsp3) is 0.556. The van der Waals surface area contributed by atoms with Gasteiger partial charge in [0.15, 0.2) is 0 Å². The van der Waals surface area contributed by atoms with Crippen LogP contribution in [0.3, 0.4) is 0 Å². The Balaban J connectivity index is 2.38. The molecular weight excluding hydrogens is 264 g/mol. The molecule has 0 saturated heterocycles. The summed E-state index contributed by atoms with van der Waals surface area (Å²) in [5, 5.41) is 8.50. The van der Waals surface area contributed by atoms with E-state index in [0.29, 0.717) is 0 Å². The fourth-order valence-corrected chi connectivity index (χ4v) is 5.26. The normalized spacial score (nSPS) is 20.8. The maximum absolute atomic E-state index is 11.3. The molecule has 2 heterocycles. The van der Waals surface area contributed by atoms with Gasteiger partial charge in [0.1, 0.15) is 4.21 Å². The highest BCUT2D eigenvalue weighted by molar-refractivity contribution is 8.01. The predicted octanol–water partition coefficient (Wildman–Crippen LogP) is 1.54. The number of thioether (sulfide) groups is 1. The number of fused-ring (bicyclic) bond motifs is 1. The van der Waals surface area contributed by atoms with Crippen molar-refractivity contribution in [2.75, 3.05) is 12.3 Å². The molecule has 0 bridgehead atoms. The first-order chi connectivity index (χ1) is 7.52. The zero-order valence-electron chi connectivity index (χ0n) is 8.89. The van der Waals surface area contributed by atoms with Crippen molar-refractivity contribution in [1.82, 2.24) is 5.32 Å². The lowest BCUT2D eigenvalue weighted by atomic mass is 10.1. The van der Waals surface area contributed by atoms with Crippen molar-refractivity contribution >= 4 is 33.1 Å². The molecule has 1 aromatic rings. The molecular formula is C9H14N2O2S3. The molecule has 2 rings (SSSR count). The first-order valence-electron chi connectivity index (χ1n) is 5.05. The molecule has 1 atom stereocenters. The number of nitrogens with one attached hydrogen (secondary N) is 1. The highest BCUT2D eigenvalue weighted by Crippen LogP contribution is 2.42. The molecule has 7 heteroatoms. The van der Waals surface area contributed by atoms with E-state index in [4.69, 9.17) is 5.14 Å². The topological polar surface area (TPSA) is 72.2 Å². The van der Waals surface area contributed by atoms with Crippen molar-refractivity contribution in [2.45, 2.75) is 27.8 Å². The Morgan fingerprint density at radius 3 is 3.00 bits per heavy atom. The van der Waals surface area contributed by atoms with Gasteiger partial charge in [-0.2, -0.15) is 0 Å². The number of hydrogen-bond acceptors (Lipinski definition) is 5. The average molecular weight is 278 g/mol. The molecule has 1 aliphatic rings. The second-order valence-electron chi connectivity index (χ2n) is 3.60.